The summed E-state index contributed by atoms with van der Waals surface area (Å²) in [6.45, 7) is 0. The number of amides is 1. The fraction of sp³-hybridized carbons (Fsp3) is 0.0588. The summed E-state index contributed by atoms with van der Waals surface area (Å²) >= 11 is 11.9. The van der Waals surface area contributed by atoms with Crippen molar-refractivity contribution in [3.8, 4) is 0 Å². The lowest BCUT2D eigenvalue weighted by Gasteiger charge is -2.07. The molecule has 0 bridgehead atoms. The van der Waals surface area contributed by atoms with Crippen LogP contribution in [0.2, 0.25) is 10.0 Å². The summed E-state index contributed by atoms with van der Waals surface area (Å²) in [6.07, 6.45) is 2.98. The van der Waals surface area contributed by atoms with E-state index in [2.05, 4.69) is 10.1 Å². The third-order valence-corrected chi connectivity index (χ3v) is 3.49. The summed E-state index contributed by atoms with van der Waals surface area (Å²) < 4.78 is 4.63. The molecule has 1 amide bonds. The van der Waals surface area contributed by atoms with Crippen LogP contribution in [0.3, 0.4) is 0 Å². The fourth-order valence-corrected chi connectivity index (χ4v) is 2.19. The van der Waals surface area contributed by atoms with Crippen molar-refractivity contribution in [2.75, 3.05) is 12.4 Å². The number of benzene rings is 2. The predicted molar refractivity (Wildman–Crippen MR) is 91.9 cm³/mol. The Labute approximate surface area is 143 Å². The minimum absolute atomic E-state index is 0.297. The summed E-state index contributed by atoms with van der Waals surface area (Å²) in [6, 6.07) is 11.6. The third-order valence-electron chi connectivity index (χ3n) is 2.92. The molecule has 2 rings (SSSR count). The van der Waals surface area contributed by atoms with Crippen LogP contribution in [0.25, 0.3) is 6.08 Å². The molecule has 0 spiro atoms. The van der Waals surface area contributed by atoms with Crippen molar-refractivity contribution >= 4 is 46.8 Å². The molecule has 118 valence electrons. The van der Waals surface area contributed by atoms with E-state index in [9.17, 15) is 9.59 Å². The van der Waals surface area contributed by atoms with Crippen LogP contribution in [-0.4, -0.2) is 19.0 Å². The molecule has 1 N–H and O–H groups in total. The van der Waals surface area contributed by atoms with Gasteiger partial charge < -0.3 is 10.1 Å². The quantitative estimate of drug-likeness (QED) is 0.656. The van der Waals surface area contributed by atoms with Gasteiger partial charge in [0, 0.05) is 11.1 Å². The fourth-order valence-electron chi connectivity index (χ4n) is 1.82. The molecule has 0 atom stereocenters. The Balaban J connectivity index is 2.12. The highest BCUT2D eigenvalue weighted by Gasteiger charge is 2.10. The molecular formula is C17H13Cl2NO3. The Morgan fingerprint density at radius 3 is 2.61 bits per heavy atom. The largest absolute Gasteiger partial charge is 0.465 e. The molecule has 2 aromatic rings. The normalized spacial score (nSPS) is 10.6. The minimum atomic E-state index is -0.508. The van der Waals surface area contributed by atoms with Crippen LogP contribution in [0, 0.1) is 0 Å². The Bertz CT molecular complexity index is 772. The number of ether oxygens (including phenoxy) is 1. The minimum Gasteiger partial charge on any atom is -0.465 e. The van der Waals surface area contributed by atoms with Gasteiger partial charge in [-0.2, -0.15) is 0 Å². The van der Waals surface area contributed by atoms with Gasteiger partial charge in [-0.25, -0.2) is 4.79 Å². The van der Waals surface area contributed by atoms with Crippen LogP contribution in [0.15, 0.2) is 48.5 Å². The van der Waals surface area contributed by atoms with Gasteiger partial charge >= 0.3 is 5.97 Å². The van der Waals surface area contributed by atoms with E-state index in [0.717, 1.165) is 5.56 Å². The molecule has 4 nitrogen and oxygen atoms in total. The molecule has 0 unspecified atom stereocenters. The van der Waals surface area contributed by atoms with Crippen molar-refractivity contribution in [2.45, 2.75) is 0 Å². The van der Waals surface area contributed by atoms with E-state index in [1.165, 1.54) is 31.4 Å². The Morgan fingerprint density at radius 2 is 1.91 bits per heavy atom. The topological polar surface area (TPSA) is 55.4 Å². The van der Waals surface area contributed by atoms with Crippen LogP contribution in [0.4, 0.5) is 5.69 Å². The zero-order valence-corrected chi connectivity index (χ0v) is 13.7. The number of esters is 1. The average molecular weight is 350 g/mol. The molecule has 0 saturated heterocycles. The maximum atomic E-state index is 12.0. The second kappa shape index (κ2) is 7.81. The van der Waals surface area contributed by atoms with Gasteiger partial charge in [0.15, 0.2) is 0 Å². The van der Waals surface area contributed by atoms with Crippen molar-refractivity contribution in [1.29, 1.82) is 0 Å². The molecule has 0 aromatic heterocycles. The number of nitrogens with one attached hydrogen (secondary N) is 1. The van der Waals surface area contributed by atoms with E-state index < -0.39 is 5.97 Å². The lowest BCUT2D eigenvalue weighted by molar-refractivity contribution is -0.111. The first-order valence-corrected chi connectivity index (χ1v) is 7.37. The van der Waals surface area contributed by atoms with E-state index in [0.29, 0.717) is 21.3 Å². The van der Waals surface area contributed by atoms with Crippen LogP contribution >= 0.6 is 23.2 Å². The molecular weight excluding hydrogens is 337 g/mol. The predicted octanol–water partition coefficient (Wildman–Crippen LogP) is 4.43. The number of rotatable bonds is 4. The Morgan fingerprint density at radius 1 is 1.13 bits per heavy atom. The summed E-state index contributed by atoms with van der Waals surface area (Å²) in [5.74, 6) is -0.888. The number of halogens is 2. The highest BCUT2D eigenvalue weighted by molar-refractivity contribution is 6.34. The van der Waals surface area contributed by atoms with Crippen LogP contribution in [0.1, 0.15) is 15.9 Å². The SMILES string of the molecule is COC(=O)c1ccc(Cl)c(NC(=O)/C=C/c2cccc(Cl)c2)c1. The van der Waals surface area contributed by atoms with E-state index in [1.54, 1.807) is 24.3 Å². The van der Waals surface area contributed by atoms with Gasteiger partial charge in [-0.15, -0.1) is 0 Å². The monoisotopic (exact) mass is 349 g/mol. The second-order valence-electron chi connectivity index (χ2n) is 4.56. The molecule has 0 fully saturated rings. The maximum Gasteiger partial charge on any atom is 0.337 e. The summed E-state index contributed by atoms with van der Waals surface area (Å²) in [4.78, 5) is 23.5. The molecule has 6 heteroatoms. The highest BCUT2D eigenvalue weighted by Crippen LogP contribution is 2.23. The van der Waals surface area contributed by atoms with Crippen LogP contribution < -0.4 is 5.32 Å². The molecule has 0 saturated carbocycles. The summed E-state index contributed by atoms with van der Waals surface area (Å²) in [7, 11) is 1.28. The van der Waals surface area contributed by atoms with E-state index in [4.69, 9.17) is 23.2 Å². The lowest BCUT2D eigenvalue weighted by Crippen LogP contribution is -2.09. The van der Waals surface area contributed by atoms with Gasteiger partial charge in [-0.05, 0) is 42.0 Å². The van der Waals surface area contributed by atoms with E-state index in [1.807, 2.05) is 6.07 Å². The zero-order chi connectivity index (χ0) is 16.8. The number of anilines is 1. The van der Waals surface area contributed by atoms with Gasteiger partial charge in [-0.1, -0.05) is 35.3 Å². The Hall–Kier alpha value is -2.30. The number of carbonyl (C=O) groups is 2. The lowest BCUT2D eigenvalue weighted by atomic mass is 10.2. The molecule has 0 radical (unpaired) electrons. The Kier molecular flexibility index (Phi) is 5.79. The van der Waals surface area contributed by atoms with Gasteiger partial charge in [0.2, 0.25) is 5.91 Å². The smallest absolute Gasteiger partial charge is 0.337 e. The van der Waals surface area contributed by atoms with Crippen LogP contribution in [0.5, 0.6) is 0 Å². The van der Waals surface area contributed by atoms with E-state index in [-0.39, 0.29) is 5.91 Å². The van der Waals surface area contributed by atoms with Gasteiger partial charge in [0.25, 0.3) is 0 Å². The van der Waals surface area contributed by atoms with Gasteiger partial charge in [0.1, 0.15) is 0 Å². The maximum absolute atomic E-state index is 12.0. The molecule has 0 aliphatic rings. The van der Waals surface area contributed by atoms with Gasteiger partial charge in [-0.3, -0.25) is 4.79 Å². The second-order valence-corrected chi connectivity index (χ2v) is 5.41. The molecule has 0 heterocycles. The first-order valence-electron chi connectivity index (χ1n) is 6.62. The number of methoxy groups -OCH3 is 1. The molecule has 23 heavy (non-hydrogen) atoms. The van der Waals surface area contributed by atoms with Crippen molar-refractivity contribution in [1.82, 2.24) is 0 Å². The highest BCUT2D eigenvalue weighted by atomic mass is 35.5. The molecule has 2 aromatic carbocycles. The molecule has 0 aliphatic heterocycles. The van der Waals surface area contributed by atoms with Crippen molar-refractivity contribution in [3.63, 3.8) is 0 Å². The average Bonchev–Trinajstić information content (AvgIpc) is 2.54. The number of hydrogen-bond acceptors (Lipinski definition) is 3. The van der Waals surface area contributed by atoms with E-state index >= 15 is 0 Å². The number of carbonyl (C=O) groups excluding carboxylic acids is 2. The standard InChI is InChI=1S/C17H13Cl2NO3/c1-23-17(22)12-6-7-14(19)15(10-12)20-16(21)8-5-11-3-2-4-13(18)9-11/h2-10H,1H3,(H,20,21)/b8-5+. The van der Waals surface area contributed by atoms with Gasteiger partial charge in [0.05, 0.1) is 23.4 Å². The summed E-state index contributed by atoms with van der Waals surface area (Å²) in [5, 5.41) is 3.52. The molecule has 0 aliphatic carbocycles. The number of hydrogen-bond donors (Lipinski definition) is 1. The van der Waals surface area contributed by atoms with Crippen molar-refractivity contribution < 1.29 is 14.3 Å². The van der Waals surface area contributed by atoms with Crippen molar-refractivity contribution in [3.05, 3.63) is 69.7 Å². The van der Waals surface area contributed by atoms with Crippen LogP contribution in [-0.2, 0) is 9.53 Å². The zero-order valence-electron chi connectivity index (χ0n) is 12.2. The third kappa shape index (κ3) is 4.84. The first kappa shape index (κ1) is 17.1. The van der Waals surface area contributed by atoms with Crippen molar-refractivity contribution in [2.24, 2.45) is 0 Å². The summed E-state index contributed by atoms with van der Waals surface area (Å²) in [5.41, 5.74) is 1.42. The first-order chi connectivity index (χ1) is 11.0.